The number of aliphatic hydroxyl groups excluding tert-OH is 1. The Kier molecular flexibility index (Phi) is 8.22. The summed E-state index contributed by atoms with van der Waals surface area (Å²) in [6.07, 6.45) is -0.121. The molecule has 2 aromatic carbocycles. The van der Waals surface area contributed by atoms with E-state index in [1.807, 2.05) is 38.1 Å². The molecule has 0 saturated carbocycles. The molecular weight excluding hydrogens is 407 g/mol. The standard InChI is InChI=1S/C23H28ClFN2O3/c1-16(2)29-15-20(28)13-27(12-18-5-3-4-6-22(18)24)14-21-11-23(26-30-21)17-7-9-19(25)10-8-17/h3-10,16,20-21,28H,11-15H2,1-2H3/t20-,21+/m1/s1. The first kappa shape index (κ1) is 22.7. The van der Waals surface area contributed by atoms with E-state index in [1.54, 1.807) is 12.1 Å². The number of oxime groups is 1. The molecule has 1 aliphatic heterocycles. The molecule has 0 amide bonds. The Bertz CT molecular complexity index is 845. The highest BCUT2D eigenvalue weighted by atomic mass is 35.5. The van der Waals surface area contributed by atoms with Crippen molar-refractivity contribution in [3.63, 3.8) is 0 Å². The number of hydrogen-bond donors (Lipinski definition) is 1. The predicted molar refractivity (Wildman–Crippen MR) is 116 cm³/mol. The molecule has 0 aromatic heterocycles. The summed E-state index contributed by atoms with van der Waals surface area (Å²) in [5.41, 5.74) is 2.62. The molecule has 30 heavy (non-hydrogen) atoms. The molecule has 7 heteroatoms. The van der Waals surface area contributed by atoms with E-state index >= 15 is 0 Å². The average Bonchev–Trinajstić information content (AvgIpc) is 3.17. The average molecular weight is 435 g/mol. The number of rotatable bonds is 10. The number of aliphatic hydroxyl groups is 1. The molecule has 0 bridgehead atoms. The highest BCUT2D eigenvalue weighted by molar-refractivity contribution is 6.31. The molecule has 1 heterocycles. The van der Waals surface area contributed by atoms with Crippen molar-refractivity contribution in [2.45, 2.75) is 45.1 Å². The summed E-state index contributed by atoms with van der Waals surface area (Å²) in [5, 5.41) is 15.3. The monoisotopic (exact) mass is 434 g/mol. The van der Waals surface area contributed by atoms with E-state index in [0.29, 0.717) is 31.1 Å². The second-order valence-corrected chi connectivity index (χ2v) is 8.21. The molecule has 0 unspecified atom stereocenters. The van der Waals surface area contributed by atoms with Crippen LogP contribution in [0.3, 0.4) is 0 Å². The fourth-order valence-electron chi connectivity index (χ4n) is 3.35. The van der Waals surface area contributed by atoms with Gasteiger partial charge in [-0.15, -0.1) is 0 Å². The summed E-state index contributed by atoms with van der Waals surface area (Å²) in [4.78, 5) is 7.74. The molecule has 162 valence electrons. The van der Waals surface area contributed by atoms with Gasteiger partial charge in [-0.1, -0.05) is 47.1 Å². The summed E-state index contributed by atoms with van der Waals surface area (Å²) < 4.78 is 18.7. The zero-order valence-electron chi connectivity index (χ0n) is 17.3. The van der Waals surface area contributed by atoms with Gasteiger partial charge >= 0.3 is 0 Å². The van der Waals surface area contributed by atoms with Crippen molar-refractivity contribution in [1.82, 2.24) is 4.90 Å². The fraction of sp³-hybridized carbons (Fsp3) is 0.435. The Hall–Kier alpha value is -1.99. The van der Waals surface area contributed by atoms with Gasteiger partial charge in [-0.3, -0.25) is 4.90 Å². The minimum Gasteiger partial charge on any atom is -0.390 e. The molecule has 5 nitrogen and oxygen atoms in total. The molecule has 0 radical (unpaired) electrons. The van der Waals surface area contributed by atoms with Crippen LogP contribution in [0.2, 0.25) is 5.02 Å². The molecule has 1 aliphatic rings. The van der Waals surface area contributed by atoms with Crippen LogP contribution < -0.4 is 0 Å². The Balaban J connectivity index is 1.63. The second-order valence-electron chi connectivity index (χ2n) is 7.80. The van der Waals surface area contributed by atoms with E-state index in [1.165, 1.54) is 12.1 Å². The van der Waals surface area contributed by atoms with E-state index in [-0.39, 0.29) is 24.6 Å². The lowest BCUT2D eigenvalue weighted by molar-refractivity contribution is -0.0194. The maximum Gasteiger partial charge on any atom is 0.145 e. The van der Waals surface area contributed by atoms with Gasteiger partial charge in [-0.25, -0.2) is 4.39 Å². The van der Waals surface area contributed by atoms with Crippen LogP contribution in [0, 0.1) is 5.82 Å². The maximum absolute atomic E-state index is 13.2. The first-order chi connectivity index (χ1) is 14.4. The van der Waals surface area contributed by atoms with Gasteiger partial charge in [-0.2, -0.15) is 0 Å². The van der Waals surface area contributed by atoms with Crippen molar-refractivity contribution in [3.05, 3.63) is 70.5 Å². The molecule has 0 fully saturated rings. The van der Waals surface area contributed by atoms with Gasteiger partial charge in [0.15, 0.2) is 0 Å². The lowest BCUT2D eigenvalue weighted by Crippen LogP contribution is -2.39. The maximum atomic E-state index is 13.2. The van der Waals surface area contributed by atoms with Crippen LogP contribution in [-0.4, -0.2) is 53.7 Å². The van der Waals surface area contributed by atoms with Crippen LogP contribution in [0.1, 0.15) is 31.4 Å². The Labute approximate surface area is 182 Å². The van der Waals surface area contributed by atoms with E-state index in [9.17, 15) is 9.50 Å². The number of halogens is 2. The van der Waals surface area contributed by atoms with Gasteiger partial charge in [0.2, 0.25) is 0 Å². The number of hydrogen-bond acceptors (Lipinski definition) is 5. The van der Waals surface area contributed by atoms with Crippen molar-refractivity contribution in [2.75, 3.05) is 19.7 Å². The van der Waals surface area contributed by atoms with Crippen LogP contribution in [0.5, 0.6) is 0 Å². The Morgan fingerprint density at radius 3 is 2.67 bits per heavy atom. The molecule has 0 aliphatic carbocycles. The van der Waals surface area contributed by atoms with Gasteiger partial charge < -0.3 is 14.7 Å². The second kappa shape index (κ2) is 10.9. The van der Waals surface area contributed by atoms with Crippen LogP contribution in [0.4, 0.5) is 4.39 Å². The van der Waals surface area contributed by atoms with E-state index in [2.05, 4.69) is 10.1 Å². The normalized spacial score (nSPS) is 17.3. The Morgan fingerprint density at radius 1 is 1.23 bits per heavy atom. The zero-order chi connectivity index (χ0) is 21.5. The first-order valence-corrected chi connectivity index (χ1v) is 10.5. The molecule has 0 saturated heterocycles. The number of benzene rings is 2. The highest BCUT2D eigenvalue weighted by Crippen LogP contribution is 2.21. The van der Waals surface area contributed by atoms with Gasteiger partial charge in [0.25, 0.3) is 0 Å². The Morgan fingerprint density at radius 2 is 1.97 bits per heavy atom. The topological polar surface area (TPSA) is 54.3 Å². The largest absolute Gasteiger partial charge is 0.390 e. The summed E-state index contributed by atoms with van der Waals surface area (Å²) in [7, 11) is 0. The lowest BCUT2D eigenvalue weighted by atomic mass is 10.0. The van der Waals surface area contributed by atoms with Crippen molar-refractivity contribution in [3.8, 4) is 0 Å². The van der Waals surface area contributed by atoms with Gasteiger partial charge in [0.1, 0.15) is 11.9 Å². The lowest BCUT2D eigenvalue weighted by Gasteiger charge is -2.27. The number of nitrogens with zero attached hydrogens (tertiary/aromatic N) is 2. The predicted octanol–water partition coefficient (Wildman–Crippen LogP) is 4.26. The van der Waals surface area contributed by atoms with Crippen molar-refractivity contribution < 1.29 is 19.1 Å². The minimum atomic E-state index is -0.631. The van der Waals surface area contributed by atoms with E-state index in [0.717, 1.165) is 16.8 Å². The third-order valence-electron chi connectivity index (χ3n) is 4.81. The molecule has 2 atom stereocenters. The van der Waals surface area contributed by atoms with Crippen LogP contribution in [0.25, 0.3) is 0 Å². The zero-order valence-corrected chi connectivity index (χ0v) is 18.1. The molecule has 2 aromatic rings. The smallest absolute Gasteiger partial charge is 0.145 e. The van der Waals surface area contributed by atoms with E-state index < -0.39 is 6.10 Å². The SMILES string of the molecule is CC(C)OC[C@H](O)CN(Cc1ccccc1Cl)C[C@@H]1CC(c2ccc(F)cc2)=NO1. The van der Waals surface area contributed by atoms with Crippen LogP contribution in [-0.2, 0) is 16.1 Å². The minimum absolute atomic E-state index is 0.0569. The third kappa shape index (κ3) is 6.77. The van der Waals surface area contributed by atoms with E-state index in [4.69, 9.17) is 21.2 Å². The summed E-state index contributed by atoms with van der Waals surface area (Å²) in [6.45, 7) is 5.70. The van der Waals surface area contributed by atoms with Gasteiger partial charge in [-0.05, 0) is 43.2 Å². The molecule has 0 spiro atoms. The summed E-state index contributed by atoms with van der Waals surface area (Å²) in [6, 6.07) is 13.9. The van der Waals surface area contributed by atoms with Crippen molar-refractivity contribution in [1.29, 1.82) is 0 Å². The first-order valence-electron chi connectivity index (χ1n) is 10.1. The third-order valence-corrected chi connectivity index (χ3v) is 5.18. The number of ether oxygens (including phenoxy) is 1. The van der Waals surface area contributed by atoms with Crippen molar-refractivity contribution in [2.24, 2.45) is 5.16 Å². The molecule has 3 rings (SSSR count). The fourth-order valence-corrected chi connectivity index (χ4v) is 3.55. The van der Waals surface area contributed by atoms with Crippen molar-refractivity contribution >= 4 is 17.3 Å². The van der Waals surface area contributed by atoms with Gasteiger partial charge in [0, 0.05) is 31.1 Å². The van der Waals surface area contributed by atoms with Gasteiger partial charge in [0.05, 0.1) is 24.5 Å². The molecule has 1 N–H and O–H groups in total. The molecular formula is C23H28ClFN2O3. The summed E-state index contributed by atoms with van der Waals surface area (Å²) >= 11 is 6.34. The summed E-state index contributed by atoms with van der Waals surface area (Å²) in [5.74, 6) is -0.279. The van der Waals surface area contributed by atoms with Crippen LogP contribution >= 0.6 is 11.6 Å². The van der Waals surface area contributed by atoms with Crippen LogP contribution in [0.15, 0.2) is 53.7 Å². The quantitative estimate of drug-likeness (QED) is 0.607. The highest BCUT2D eigenvalue weighted by Gasteiger charge is 2.26.